The van der Waals surface area contributed by atoms with Crippen molar-refractivity contribution >= 4 is 0 Å². The van der Waals surface area contributed by atoms with Crippen molar-refractivity contribution in [1.29, 1.82) is 5.26 Å². The standard InChI is InChI=1S/C14H16N2O/c15-10-13-8-4-1-5-9-14(13,16)17-12-7-3-2-6-11(12)13/h2-3,6-7H,1,4-5,8-9,16H2/t13-,14+/m0/s1. The van der Waals surface area contributed by atoms with Crippen LogP contribution in [-0.2, 0) is 5.41 Å². The Kier molecular flexibility index (Phi) is 2.17. The molecule has 0 saturated heterocycles. The first-order valence-corrected chi connectivity index (χ1v) is 6.20. The number of benzene rings is 1. The molecule has 1 heterocycles. The Labute approximate surface area is 101 Å². The van der Waals surface area contributed by atoms with E-state index in [4.69, 9.17) is 10.5 Å². The first-order chi connectivity index (χ1) is 8.22. The Morgan fingerprint density at radius 2 is 1.94 bits per heavy atom. The van der Waals surface area contributed by atoms with Crippen molar-refractivity contribution in [3.05, 3.63) is 29.8 Å². The van der Waals surface area contributed by atoms with Crippen molar-refractivity contribution < 1.29 is 4.74 Å². The highest BCUT2D eigenvalue weighted by molar-refractivity contribution is 5.51. The van der Waals surface area contributed by atoms with Crippen LogP contribution < -0.4 is 10.5 Å². The lowest BCUT2D eigenvalue weighted by Gasteiger charge is -2.35. The molecule has 1 fully saturated rings. The summed E-state index contributed by atoms with van der Waals surface area (Å²) in [7, 11) is 0. The topological polar surface area (TPSA) is 59.0 Å². The van der Waals surface area contributed by atoms with Gasteiger partial charge in [-0.1, -0.05) is 31.0 Å². The zero-order valence-corrected chi connectivity index (χ0v) is 9.78. The fraction of sp³-hybridized carbons (Fsp3) is 0.500. The van der Waals surface area contributed by atoms with Gasteiger partial charge >= 0.3 is 0 Å². The third-order valence-electron chi connectivity index (χ3n) is 4.15. The Morgan fingerprint density at radius 1 is 1.18 bits per heavy atom. The van der Waals surface area contributed by atoms with Gasteiger partial charge in [0.05, 0.1) is 6.07 Å². The molecule has 3 rings (SSSR count). The molecule has 3 heteroatoms. The minimum atomic E-state index is -0.831. The first kappa shape index (κ1) is 10.6. The maximum absolute atomic E-state index is 9.68. The van der Waals surface area contributed by atoms with E-state index in [0.717, 1.165) is 43.4 Å². The second-order valence-electron chi connectivity index (χ2n) is 5.07. The van der Waals surface area contributed by atoms with E-state index < -0.39 is 11.1 Å². The van der Waals surface area contributed by atoms with Crippen LogP contribution in [0.4, 0.5) is 0 Å². The molecule has 0 spiro atoms. The summed E-state index contributed by atoms with van der Waals surface area (Å²) in [6.07, 6.45) is 4.78. The zero-order chi connectivity index (χ0) is 11.9. The molecule has 0 unspecified atom stereocenters. The van der Waals surface area contributed by atoms with E-state index in [1.165, 1.54) is 0 Å². The number of nitrogens with zero attached hydrogens (tertiary/aromatic N) is 1. The smallest absolute Gasteiger partial charge is 0.181 e. The molecule has 3 nitrogen and oxygen atoms in total. The second kappa shape index (κ2) is 3.48. The molecule has 2 aliphatic rings. The Bertz CT molecular complexity index is 493. The van der Waals surface area contributed by atoms with Gasteiger partial charge in [0.1, 0.15) is 11.2 Å². The maximum atomic E-state index is 9.68. The number of rotatable bonds is 0. The summed E-state index contributed by atoms with van der Waals surface area (Å²) in [5.74, 6) is 0.790. The minimum absolute atomic E-state index is 0.653. The van der Waals surface area contributed by atoms with Crippen LogP contribution in [-0.4, -0.2) is 5.72 Å². The summed E-state index contributed by atoms with van der Waals surface area (Å²) in [5.41, 5.74) is 5.91. The maximum Gasteiger partial charge on any atom is 0.181 e. The molecule has 17 heavy (non-hydrogen) atoms. The van der Waals surface area contributed by atoms with E-state index in [2.05, 4.69) is 6.07 Å². The lowest BCUT2D eigenvalue weighted by molar-refractivity contribution is 0.0396. The molecule has 2 atom stereocenters. The number of ether oxygens (including phenoxy) is 1. The quantitative estimate of drug-likeness (QED) is 0.742. The molecule has 0 bridgehead atoms. The van der Waals surface area contributed by atoms with Crippen molar-refractivity contribution in [3.8, 4) is 11.8 Å². The third kappa shape index (κ3) is 1.25. The molecule has 1 aliphatic carbocycles. The highest BCUT2D eigenvalue weighted by atomic mass is 16.5. The molecule has 0 amide bonds. The summed E-state index contributed by atoms with van der Waals surface area (Å²) < 4.78 is 5.93. The second-order valence-corrected chi connectivity index (χ2v) is 5.07. The Morgan fingerprint density at radius 3 is 2.76 bits per heavy atom. The van der Waals surface area contributed by atoms with Crippen LogP contribution in [0, 0.1) is 11.3 Å². The van der Waals surface area contributed by atoms with Gasteiger partial charge in [-0.2, -0.15) is 5.26 Å². The molecule has 0 radical (unpaired) electrons. The average molecular weight is 228 g/mol. The van der Waals surface area contributed by atoms with Crippen LogP contribution in [0.3, 0.4) is 0 Å². The van der Waals surface area contributed by atoms with Crippen molar-refractivity contribution in [2.24, 2.45) is 5.73 Å². The molecule has 1 aliphatic heterocycles. The zero-order valence-electron chi connectivity index (χ0n) is 9.78. The van der Waals surface area contributed by atoms with Gasteiger partial charge in [0.2, 0.25) is 0 Å². The molecular weight excluding hydrogens is 212 g/mol. The van der Waals surface area contributed by atoms with E-state index in [1.807, 2.05) is 24.3 Å². The largest absolute Gasteiger partial charge is 0.471 e. The van der Waals surface area contributed by atoms with Crippen LogP contribution in [0.5, 0.6) is 5.75 Å². The first-order valence-electron chi connectivity index (χ1n) is 6.20. The van der Waals surface area contributed by atoms with E-state index in [9.17, 15) is 5.26 Å². The highest BCUT2D eigenvalue weighted by Crippen LogP contribution is 2.52. The predicted octanol–water partition coefficient (Wildman–Crippen LogP) is 2.46. The Hall–Kier alpha value is -1.53. The number of fused-ring (bicyclic) bond motifs is 3. The van der Waals surface area contributed by atoms with Gasteiger partial charge in [-0.15, -0.1) is 0 Å². The van der Waals surface area contributed by atoms with Crippen LogP contribution in [0.15, 0.2) is 24.3 Å². The van der Waals surface area contributed by atoms with Crippen LogP contribution in [0.25, 0.3) is 0 Å². The van der Waals surface area contributed by atoms with Crippen molar-refractivity contribution in [2.75, 3.05) is 0 Å². The summed E-state index contributed by atoms with van der Waals surface area (Å²) in [5, 5.41) is 9.68. The van der Waals surface area contributed by atoms with E-state index in [-0.39, 0.29) is 0 Å². The summed E-state index contributed by atoms with van der Waals surface area (Å²) in [6, 6.07) is 10.3. The molecule has 88 valence electrons. The number of nitrogens with two attached hydrogens (primary N) is 1. The third-order valence-corrected chi connectivity index (χ3v) is 4.15. The number of para-hydroxylation sites is 1. The average Bonchev–Trinajstić information content (AvgIpc) is 2.47. The van der Waals surface area contributed by atoms with Gasteiger partial charge in [-0.3, -0.25) is 5.73 Å². The molecular formula is C14H16N2O. The van der Waals surface area contributed by atoms with Crippen molar-refractivity contribution in [1.82, 2.24) is 0 Å². The van der Waals surface area contributed by atoms with Gasteiger partial charge in [-0.25, -0.2) is 0 Å². The van der Waals surface area contributed by atoms with E-state index in [1.54, 1.807) is 0 Å². The minimum Gasteiger partial charge on any atom is -0.471 e. The van der Waals surface area contributed by atoms with Gasteiger partial charge in [-0.05, 0) is 18.9 Å². The number of nitriles is 1. The fourth-order valence-corrected chi connectivity index (χ4v) is 3.20. The number of hydrogen-bond acceptors (Lipinski definition) is 3. The van der Waals surface area contributed by atoms with Gasteiger partial charge in [0, 0.05) is 12.0 Å². The molecule has 1 saturated carbocycles. The molecule has 0 aromatic heterocycles. The SMILES string of the molecule is N#C[C@]12CCCCC[C@@]1(N)Oc1ccccc12. The highest BCUT2D eigenvalue weighted by Gasteiger charge is 2.58. The van der Waals surface area contributed by atoms with Gasteiger partial charge in [0.15, 0.2) is 5.72 Å². The van der Waals surface area contributed by atoms with Gasteiger partial charge < -0.3 is 4.74 Å². The molecule has 1 aromatic rings. The van der Waals surface area contributed by atoms with E-state index >= 15 is 0 Å². The summed E-state index contributed by atoms with van der Waals surface area (Å²) in [4.78, 5) is 0. The van der Waals surface area contributed by atoms with Crippen LogP contribution >= 0.6 is 0 Å². The van der Waals surface area contributed by atoms with Crippen molar-refractivity contribution in [2.45, 2.75) is 43.2 Å². The van der Waals surface area contributed by atoms with E-state index in [0.29, 0.717) is 0 Å². The fourth-order valence-electron chi connectivity index (χ4n) is 3.20. The van der Waals surface area contributed by atoms with Gasteiger partial charge in [0.25, 0.3) is 0 Å². The lowest BCUT2D eigenvalue weighted by Crippen LogP contribution is -2.57. The predicted molar refractivity (Wildman–Crippen MR) is 64.4 cm³/mol. The molecule has 2 N–H and O–H groups in total. The Balaban J connectivity index is 2.21. The van der Waals surface area contributed by atoms with Crippen LogP contribution in [0.1, 0.15) is 37.7 Å². The van der Waals surface area contributed by atoms with Crippen molar-refractivity contribution in [3.63, 3.8) is 0 Å². The summed E-state index contributed by atoms with van der Waals surface area (Å²) in [6.45, 7) is 0. The van der Waals surface area contributed by atoms with Crippen LogP contribution in [0.2, 0.25) is 0 Å². The summed E-state index contributed by atoms with van der Waals surface area (Å²) >= 11 is 0. The monoisotopic (exact) mass is 228 g/mol. The number of hydrogen-bond donors (Lipinski definition) is 1. The lowest BCUT2D eigenvalue weighted by atomic mass is 9.71. The molecule has 1 aromatic carbocycles. The normalized spacial score (nSPS) is 35.1.